The van der Waals surface area contributed by atoms with Crippen molar-refractivity contribution in [2.24, 2.45) is 5.73 Å². The summed E-state index contributed by atoms with van der Waals surface area (Å²) >= 11 is 0. The monoisotopic (exact) mass is 270 g/mol. The largest absolute Gasteiger partial charge is 0.443 e. The first-order chi connectivity index (χ1) is 9.04. The van der Waals surface area contributed by atoms with Gasteiger partial charge >= 0.3 is 6.09 Å². The van der Waals surface area contributed by atoms with Gasteiger partial charge in [0.05, 0.1) is 6.20 Å². The van der Waals surface area contributed by atoms with E-state index >= 15 is 0 Å². The number of hydrogen-bond acceptors (Lipinski definition) is 5. The van der Waals surface area contributed by atoms with Gasteiger partial charge in [0, 0.05) is 6.07 Å². The Bertz CT molecular complexity index is 407. The molecule has 0 unspecified atom stereocenters. The Balaban J connectivity index is 2.60. The van der Waals surface area contributed by atoms with Crippen LogP contribution >= 0.6 is 0 Å². The predicted octanol–water partition coefficient (Wildman–Crippen LogP) is 0.363. The molecule has 1 aromatic rings. The van der Waals surface area contributed by atoms with Crippen LogP contribution in [-0.4, -0.2) is 39.5 Å². The molecule has 1 rings (SSSR count). The van der Waals surface area contributed by atoms with E-state index in [9.17, 15) is 14.7 Å². The lowest BCUT2D eigenvalue weighted by atomic mass is 10.1. The van der Waals surface area contributed by atoms with Gasteiger partial charge in [0.2, 0.25) is 0 Å². The third-order valence-electron chi connectivity index (χ3n) is 2.49. The van der Waals surface area contributed by atoms with E-state index in [0.717, 1.165) is 6.42 Å². The number of unbranched alkanes of at least 4 members (excludes halogenated alkanes) is 1. The van der Waals surface area contributed by atoms with Crippen LogP contribution in [0.2, 0.25) is 0 Å². The van der Waals surface area contributed by atoms with Gasteiger partial charge in [-0.1, -0.05) is 13.3 Å². The third kappa shape index (κ3) is 4.96. The molecule has 5 N–H and O–H groups in total. The number of carbonyl (C=O) groups excluding carboxylic acids is 2. The second-order valence-electron chi connectivity index (χ2n) is 4.02. The van der Waals surface area contributed by atoms with Gasteiger partial charge in [-0.15, -0.1) is 0 Å². The number of aromatic amines is 1. The fraction of sp³-hybridized carbons (Fsp3) is 0.545. The summed E-state index contributed by atoms with van der Waals surface area (Å²) in [5.41, 5.74) is 4.92. The van der Waals surface area contributed by atoms with E-state index in [2.05, 4.69) is 15.5 Å². The normalized spacial score (nSPS) is 13.6. The highest BCUT2D eigenvalue weighted by atomic mass is 16.6. The van der Waals surface area contributed by atoms with E-state index in [4.69, 9.17) is 10.5 Å². The van der Waals surface area contributed by atoms with Gasteiger partial charge in [0.15, 0.2) is 6.10 Å². The molecule has 0 aliphatic heterocycles. The van der Waals surface area contributed by atoms with Gasteiger partial charge in [-0.3, -0.25) is 9.89 Å². The zero-order valence-electron chi connectivity index (χ0n) is 10.6. The van der Waals surface area contributed by atoms with Crippen molar-refractivity contribution in [1.29, 1.82) is 0 Å². The molecular formula is C11H18N4O4. The van der Waals surface area contributed by atoms with E-state index < -0.39 is 24.2 Å². The lowest BCUT2D eigenvalue weighted by molar-refractivity contribution is -0.129. The molecule has 8 heteroatoms. The second kappa shape index (κ2) is 7.37. The molecule has 0 saturated heterocycles. The van der Waals surface area contributed by atoms with Gasteiger partial charge in [-0.25, -0.2) is 4.79 Å². The summed E-state index contributed by atoms with van der Waals surface area (Å²) in [4.78, 5) is 22.5. The third-order valence-corrected chi connectivity index (χ3v) is 2.49. The minimum absolute atomic E-state index is 0.345. The molecule has 2 atom stereocenters. The number of aliphatic hydroxyl groups is 1. The SMILES string of the molecule is CCCC[C@H](OC(N)=O)[C@@H](O)C(=O)Nc1ccn[nH]1. The van der Waals surface area contributed by atoms with Crippen molar-refractivity contribution in [1.82, 2.24) is 10.2 Å². The maximum absolute atomic E-state index is 11.8. The highest BCUT2D eigenvalue weighted by Gasteiger charge is 2.28. The van der Waals surface area contributed by atoms with Crippen molar-refractivity contribution in [3.63, 3.8) is 0 Å². The number of amides is 2. The Morgan fingerprint density at radius 1 is 1.63 bits per heavy atom. The number of nitrogens with zero attached hydrogens (tertiary/aromatic N) is 1. The number of nitrogens with two attached hydrogens (primary N) is 1. The quantitative estimate of drug-likeness (QED) is 0.568. The lowest BCUT2D eigenvalue weighted by Gasteiger charge is -2.21. The van der Waals surface area contributed by atoms with Crippen molar-refractivity contribution < 1.29 is 19.4 Å². The Hall–Kier alpha value is -2.09. The highest BCUT2D eigenvalue weighted by molar-refractivity contribution is 5.93. The number of aliphatic hydroxyl groups excluding tert-OH is 1. The summed E-state index contributed by atoms with van der Waals surface area (Å²) in [6, 6.07) is 1.53. The van der Waals surface area contributed by atoms with Crippen LogP contribution < -0.4 is 11.1 Å². The maximum atomic E-state index is 11.8. The molecule has 2 amide bonds. The molecule has 0 saturated carbocycles. The number of H-pyrrole nitrogens is 1. The molecule has 8 nitrogen and oxygen atoms in total. The number of anilines is 1. The summed E-state index contributed by atoms with van der Waals surface area (Å²) in [5.74, 6) is -0.344. The summed E-state index contributed by atoms with van der Waals surface area (Å²) < 4.78 is 4.76. The van der Waals surface area contributed by atoms with Crippen LogP contribution in [0.4, 0.5) is 10.6 Å². The van der Waals surface area contributed by atoms with Crippen molar-refractivity contribution in [2.45, 2.75) is 38.4 Å². The van der Waals surface area contributed by atoms with Crippen LogP contribution in [-0.2, 0) is 9.53 Å². The number of primary amides is 1. The van der Waals surface area contributed by atoms with Gasteiger partial charge in [-0.05, 0) is 12.8 Å². The van der Waals surface area contributed by atoms with Crippen LogP contribution in [0.25, 0.3) is 0 Å². The predicted molar refractivity (Wildman–Crippen MR) is 67.2 cm³/mol. The summed E-state index contributed by atoms with van der Waals surface area (Å²) in [6.45, 7) is 1.94. The van der Waals surface area contributed by atoms with E-state index in [-0.39, 0.29) is 0 Å². The van der Waals surface area contributed by atoms with Gasteiger partial charge in [0.1, 0.15) is 11.9 Å². The Morgan fingerprint density at radius 2 is 2.37 bits per heavy atom. The molecule has 1 heterocycles. The second-order valence-corrected chi connectivity index (χ2v) is 4.02. The molecule has 1 aromatic heterocycles. The van der Waals surface area contributed by atoms with Crippen molar-refractivity contribution in [2.75, 3.05) is 5.32 Å². The number of carbonyl (C=O) groups is 2. The highest BCUT2D eigenvalue weighted by Crippen LogP contribution is 2.11. The fourth-order valence-corrected chi connectivity index (χ4v) is 1.54. The van der Waals surface area contributed by atoms with Gasteiger partial charge in [-0.2, -0.15) is 5.10 Å². The number of aromatic nitrogens is 2. The van der Waals surface area contributed by atoms with E-state index in [1.54, 1.807) is 0 Å². The number of nitrogens with one attached hydrogen (secondary N) is 2. The molecule has 0 aromatic carbocycles. The molecular weight excluding hydrogens is 252 g/mol. The summed E-state index contributed by atoms with van der Waals surface area (Å²) in [7, 11) is 0. The zero-order chi connectivity index (χ0) is 14.3. The number of ether oxygens (including phenoxy) is 1. The molecule has 0 fully saturated rings. The molecule has 106 valence electrons. The van der Waals surface area contributed by atoms with Gasteiger partial charge < -0.3 is 20.9 Å². The Labute approximate surface area is 110 Å². The van der Waals surface area contributed by atoms with Crippen molar-refractivity contribution >= 4 is 17.8 Å². The molecule has 0 aliphatic carbocycles. The molecule has 0 bridgehead atoms. The minimum Gasteiger partial charge on any atom is -0.443 e. The summed E-state index contributed by atoms with van der Waals surface area (Å²) in [5, 5.41) is 18.5. The van der Waals surface area contributed by atoms with E-state index in [0.29, 0.717) is 18.7 Å². The van der Waals surface area contributed by atoms with Crippen LogP contribution in [0.3, 0.4) is 0 Å². The Kier molecular flexibility index (Phi) is 5.80. The van der Waals surface area contributed by atoms with Gasteiger partial charge in [0.25, 0.3) is 5.91 Å². The average Bonchev–Trinajstić information content (AvgIpc) is 2.85. The molecule has 0 radical (unpaired) electrons. The minimum atomic E-state index is -1.48. The van der Waals surface area contributed by atoms with E-state index in [1.807, 2.05) is 6.92 Å². The topological polar surface area (TPSA) is 130 Å². The maximum Gasteiger partial charge on any atom is 0.404 e. The first-order valence-corrected chi connectivity index (χ1v) is 5.99. The first kappa shape index (κ1) is 15.0. The summed E-state index contributed by atoms with van der Waals surface area (Å²) in [6.07, 6.45) is -0.106. The smallest absolute Gasteiger partial charge is 0.404 e. The van der Waals surface area contributed by atoms with Crippen molar-refractivity contribution in [3.05, 3.63) is 12.3 Å². The van der Waals surface area contributed by atoms with E-state index in [1.165, 1.54) is 12.3 Å². The van der Waals surface area contributed by atoms with Crippen LogP contribution in [0, 0.1) is 0 Å². The van der Waals surface area contributed by atoms with Crippen molar-refractivity contribution in [3.8, 4) is 0 Å². The van der Waals surface area contributed by atoms with Crippen LogP contribution in [0.5, 0.6) is 0 Å². The number of rotatable bonds is 7. The van der Waals surface area contributed by atoms with Crippen LogP contribution in [0.1, 0.15) is 26.2 Å². The standard InChI is InChI=1S/C11H18N4O4/c1-2-3-4-7(19-11(12)18)9(16)10(17)14-8-5-6-13-15-8/h5-7,9,16H,2-4H2,1H3,(H2,12,18)(H2,13,14,15,17)/t7-,9+/m0/s1. The first-order valence-electron chi connectivity index (χ1n) is 5.99. The lowest BCUT2D eigenvalue weighted by Crippen LogP contribution is -2.41. The van der Waals surface area contributed by atoms with Crippen LogP contribution in [0.15, 0.2) is 12.3 Å². The molecule has 19 heavy (non-hydrogen) atoms. The number of hydrogen-bond donors (Lipinski definition) is 4. The zero-order valence-corrected chi connectivity index (χ0v) is 10.6. The molecule has 0 spiro atoms. The Morgan fingerprint density at radius 3 is 2.89 bits per heavy atom. The fourth-order valence-electron chi connectivity index (χ4n) is 1.54. The average molecular weight is 270 g/mol. The molecule has 0 aliphatic rings.